The zero-order chi connectivity index (χ0) is 22.9. The van der Waals surface area contributed by atoms with E-state index in [1.807, 2.05) is 37.3 Å². The third-order valence-electron chi connectivity index (χ3n) is 6.47. The molecule has 3 aromatic rings. The van der Waals surface area contributed by atoms with Crippen LogP contribution in [-0.2, 0) is 11.3 Å². The Morgan fingerprint density at radius 3 is 2.58 bits per heavy atom. The molecule has 0 unspecified atom stereocenters. The van der Waals surface area contributed by atoms with Crippen LogP contribution >= 0.6 is 0 Å². The number of hydrogen-bond donors (Lipinski definition) is 3. The Kier molecular flexibility index (Phi) is 5.62. The van der Waals surface area contributed by atoms with Crippen molar-refractivity contribution in [3.63, 3.8) is 0 Å². The monoisotopic (exact) mass is 444 g/mol. The van der Waals surface area contributed by atoms with Gasteiger partial charge in [-0.25, -0.2) is 4.79 Å². The summed E-state index contributed by atoms with van der Waals surface area (Å²) in [5.74, 6) is 0.388. The van der Waals surface area contributed by atoms with Crippen molar-refractivity contribution in [1.29, 1.82) is 0 Å². The van der Waals surface area contributed by atoms with Gasteiger partial charge >= 0.3 is 6.03 Å². The Labute approximate surface area is 192 Å². The summed E-state index contributed by atoms with van der Waals surface area (Å²) in [6, 6.07) is 14.7. The molecule has 7 heteroatoms. The molecule has 2 aromatic carbocycles. The lowest BCUT2D eigenvalue weighted by molar-refractivity contribution is -0.117. The first-order valence-electron chi connectivity index (χ1n) is 11.6. The molecular formula is C26H28N4O3. The number of hydrogen-bond acceptors (Lipinski definition) is 4. The lowest BCUT2D eigenvalue weighted by Gasteiger charge is -2.25. The van der Waals surface area contributed by atoms with Crippen LogP contribution in [-0.4, -0.2) is 26.8 Å². The second-order valence-electron chi connectivity index (χ2n) is 9.14. The van der Waals surface area contributed by atoms with Crippen LogP contribution in [0.15, 0.2) is 48.5 Å². The second kappa shape index (κ2) is 8.73. The van der Waals surface area contributed by atoms with Gasteiger partial charge in [0.15, 0.2) is 0 Å². The number of benzene rings is 2. The number of amides is 2. The minimum atomic E-state index is -0.280. The molecule has 0 spiro atoms. The Bertz CT molecular complexity index is 1210. The number of carbonyl (C=O) groups excluding carboxylic acids is 2. The third-order valence-corrected chi connectivity index (χ3v) is 6.47. The standard InChI is InChI=1S/C26H28N4O3/c1-16-4-2-5-17(12-16)15-27-26(33)30-23(18-6-3-7-18)14-22(29-30)21-11-10-20(13-24(21)31)28-25(32)19-8-9-19/h2,4-5,10-14,18-19,31H,3,6-9,15H2,1H3,(H,27,33)(H,28,32). The molecule has 0 atom stereocenters. The molecule has 7 nitrogen and oxygen atoms in total. The van der Waals surface area contributed by atoms with Gasteiger partial charge in [-0.3, -0.25) is 4.79 Å². The van der Waals surface area contributed by atoms with E-state index in [0.29, 0.717) is 23.5 Å². The molecule has 2 fully saturated rings. The van der Waals surface area contributed by atoms with E-state index in [4.69, 9.17) is 0 Å². The summed E-state index contributed by atoms with van der Waals surface area (Å²) < 4.78 is 1.44. The van der Waals surface area contributed by atoms with Crippen LogP contribution in [0.4, 0.5) is 10.5 Å². The molecule has 2 amide bonds. The normalized spacial score (nSPS) is 15.7. The highest BCUT2D eigenvalue weighted by atomic mass is 16.3. The van der Waals surface area contributed by atoms with Gasteiger partial charge < -0.3 is 15.7 Å². The van der Waals surface area contributed by atoms with Crippen molar-refractivity contribution in [2.45, 2.75) is 51.5 Å². The third kappa shape index (κ3) is 4.62. The fourth-order valence-corrected chi connectivity index (χ4v) is 4.18. The number of phenols is 1. The number of nitrogens with one attached hydrogen (secondary N) is 2. The Morgan fingerprint density at radius 1 is 1.09 bits per heavy atom. The molecule has 0 bridgehead atoms. The van der Waals surface area contributed by atoms with E-state index in [-0.39, 0.29) is 29.5 Å². The topological polar surface area (TPSA) is 96.3 Å². The highest BCUT2D eigenvalue weighted by Gasteiger charge is 2.30. The van der Waals surface area contributed by atoms with Gasteiger partial charge in [-0.2, -0.15) is 9.78 Å². The van der Waals surface area contributed by atoms with Crippen LogP contribution in [0.2, 0.25) is 0 Å². The number of aryl methyl sites for hydroxylation is 1. The smallest absolute Gasteiger partial charge is 0.342 e. The number of aromatic nitrogens is 2. The van der Waals surface area contributed by atoms with Gasteiger partial charge in [0.05, 0.1) is 11.4 Å². The molecular weight excluding hydrogens is 416 g/mol. The van der Waals surface area contributed by atoms with Crippen molar-refractivity contribution in [3.8, 4) is 17.0 Å². The molecule has 0 radical (unpaired) electrons. The predicted octanol–water partition coefficient (Wildman–Crippen LogP) is 4.94. The molecule has 1 aromatic heterocycles. The number of carbonyl (C=O) groups is 2. The highest BCUT2D eigenvalue weighted by Crippen LogP contribution is 2.39. The lowest BCUT2D eigenvalue weighted by atomic mass is 9.82. The van der Waals surface area contributed by atoms with E-state index in [1.165, 1.54) is 10.7 Å². The highest BCUT2D eigenvalue weighted by molar-refractivity contribution is 5.94. The van der Waals surface area contributed by atoms with Gasteiger partial charge in [-0.15, -0.1) is 0 Å². The van der Waals surface area contributed by atoms with Gasteiger partial charge in [0.1, 0.15) is 5.75 Å². The van der Waals surface area contributed by atoms with Crippen molar-refractivity contribution in [1.82, 2.24) is 15.1 Å². The van der Waals surface area contributed by atoms with Crippen molar-refractivity contribution in [2.24, 2.45) is 5.92 Å². The van der Waals surface area contributed by atoms with Crippen molar-refractivity contribution >= 4 is 17.6 Å². The summed E-state index contributed by atoms with van der Waals surface area (Å²) in [7, 11) is 0. The maximum atomic E-state index is 13.0. The van der Waals surface area contributed by atoms with Gasteiger partial charge in [0.2, 0.25) is 5.91 Å². The van der Waals surface area contributed by atoms with E-state index in [0.717, 1.165) is 48.9 Å². The molecule has 3 N–H and O–H groups in total. The first-order chi connectivity index (χ1) is 16.0. The fourth-order valence-electron chi connectivity index (χ4n) is 4.18. The molecule has 2 aliphatic carbocycles. The Hall–Kier alpha value is -3.61. The number of anilines is 1. The largest absolute Gasteiger partial charge is 0.507 e. The number of nitrogens with zero attached hydrogens (tertiary/aromatic N) is 2. The number of rotatable bonds is 6. The minimum Gasteiger partial charge on any atom is -0.507 e. The van der Waals surface area contributed by atoms with Crippen LogP contribution in [0, 0.1) is 12.8 Å². The van der Waals surface area contributed by atoms with Crippen LogP contribution in [0.1, 0.15) is 54.8 Å². The molecule has 2 saturated carbocycles. The maximum absolute atomic E-state index is 13.0. The Morgan fingerprint density at radius 2 is 1.91 bits per heavy atom. The van der Waals surface area contributed by atoms with Crippen LogP contribution < -0.4 is 10.6 Å². The average molecular weight is 445 g/mol. The van der Waals surface area contributed by atoms with E-state index in [1.54, 1.807) is 12.1 Å². The van der Waals surface area contributed by atoms with E-state index in [9.17, 15) is 14.7 Å². The maximum Gasteiger partial charge on any atom is 0.342 e. The SMILES string of the molecule is Cc1cccc(CNC(=O)n2nc(-c3ccc(NC(=O)C4CC4)cc3O)cc2C2CCC2)c1. The van der Waals surface area contributed by atoms with Crippen molar-refractivity contribution in [2.75, 3.05) is 5.32 Å². The van der Waals surface area contributed by atoms with Gasteiger partial charge in [0, 0.05) is 35.7 Å². The van der Waals surface area contributed by atoms with Crippen LogP contribution in [0.5, 0.6) is 5.75 Å². The second-order valence-corrected chi connectivity index (χ2v) is 9.14. The lowest BCUT2D eigenvalue weighted by Crippen LogP contribution is -2.31. The number of aromatic hydroxyl groups is 1. The Balaban J connectivity index is 1.37. The van der Waals surface area contributed by atoms with Crippen molar-refractivity contribution < 1.29 is 14.7 Å². The van der Waals surface area contributed by atoms with E-state index in [2.05, 4.69) is 15.7 Å². The molecule has 33 heavy (non-hydrogen) atoms. The van der Waals surface area contributed by atoms with Gasteiger partial charge in [-0.1, -0.05) is 36.2 Å². The molecule has 1 heterocycles. The van der Waals surface area contributed by atoms with Crippen molar-refractivity contribution in [3.05, 3.63) is 65.4 Å². The molecule has 0 saturated heterocycles. The van der Waals surface area contributed by atoms with Gasteiger partial charge in [0.25, 0.3) is 0 Å². The molecule has 0 aliphatic heterocycles. The zero-order valence-corrected chi connectivity index (χ0v) is 18.7. The predicted molar refractivity (Wildman–Crippen MR) is 126 cm³/mol. The molecule has 5 rings (SSSR count). The summed E-state index contributed by atoms with van der Waals surface area (Å²) in [5, 5.41) is 21.0. The van der Waals surface area contributed by atoms with E-state index < -0.39 is 0 Å². The summed E-state index contributed by atoms with van der Waals surface area (Å²) in [6.07, 6.45) is 5.02. The first-order valence-corrected chi connectivity index (χ1v) is 11.6. The summed E-state index contributed by atoms with van der Waals surface area (Å²) in [4.78, 5) is 25.0. The van der Waals surface area contributed by atoms with Crippen LogP contribution in [0.3, 0.4) is 0 Å². The van der Waals surface area contributed by atoms with E-state index >= 15 is 0 Å². The van der Waals surface area contributed by atoms with Gasteiger partial charge in [-0.05, 0) is 56.4 Å². The molecule has 170 valence electrons. The zero-order valence-electron chi connectivity index (χ0n) is 18.7. The summed E-state index contributed by atoms with van der Waals surface area (Å²) in [5.41, 5.74) is 4.67. The first kappa shape index (κ1) is 21.2. The average Bonchev–Trinajstić information content (AvgIpc) is 3.52. The summed E-state index contributed by atoms with van der Waals surface area (Å²) >= 11 is 0. The van der Waals surface area contributed by atoms with Crippen LogP contribution in [0.25, 0.3) is 11.3 Å². The fraction of sp³-hybridized carbons (Fsp3) is 0.346. The number of phenolic OH excluding ortho intramolecular Hbond substituents is 1. The summed E-state index contributed by atoms with van der Waals surface area (Å²) in [6.45, 7) is 2.44. The quantitative estimate of drug-likeness (QED) is 0.502. The molecule has 2 aliphatic rings. The minimum absolute atomic E-state index is 0.0102.